The smallest absolute Gasteiger partial charge is 0.211 e. The second-order valence-corrected chi connectivity index (χ2v) is 18.1. The number of rotatable bonds is 4. The standard InChI is InChI=1S/C48H46O2S/c1-7-8-18-32-30(2)15-13-22-38(32)48(39-23-14-17-31-16-9-10-19-33(31)39)50-42-24-35-36(25-43(42)51-48)44-34-20-11-12-21-37(34)47(40(44)26-41(35)49)28-45(3,4)27-46(5,6)29-47/h8-26,49H,7,27-29H2,1-6H3/b18-8-. The highest BCUT2D eigenvalue weighted by Crippen LogP contribution is 2.66. The lowest BCUT2D eigenvalue weighted by Gasteiger charge is -2.51. The van der Waals surface area contributed by atoms with E-state index in [2.05, 4.69) is 157 Å². The minimum atomic E-state index is -0.838. The number of hydrogen-bond donors (Lipinski definition) is 1. The van der Waals surface area contributed by atoms with Gasteiger partial charge in [0.1, 0.15) is 11.5 Å². The fourth-order valence-corrected chi connectivity index (χ4v) is 12.0. The van der Waals surface area contributed by atoms with Crippen molar-refractivity contribution in [3.8, 4) is 22.6 Å². The van der Waals surface area contributed by atoms with Crippen LogP contribution >= 0.6 is 11.8 Å². The first-order valence-electron chi connectivity index (χ1n) is 18.5. The van der Waals surface area contributed by atoms with Gasteiger partial charge in [0.15, 0.2) is 0 Å². The monoisotopic (exact) mass is 686 g/mol. The predicted octanol–water partition coefficient (Wildman–Crippen LogP) is 13.3. The third kappa shape index (κ3) is 4.84. The molecule has 1 fully saturated rings. The largest absolute Gasteiger partial charge is 0.507 e. The molecule has 1 aliphatic heterocycles. The van der Waals surface area contributed by atoms with E-state index < -0.39 is 4.93 Å². The molecule has 1 spiro atoms. The number of phenols is 1. The molecular formula is C48H46O2S. The molecule has 0 aromatic heterocycles. The summed E-state index contributed by atoms with van der Waals surface area (Å²) in [4.78, 5) is 0.257. The van der Waals surface area contributed by atoms with Crippen molar-refractivity contribution in [1.29, 1.82) is 0 Å². The molecular weight excluding hydrogens is 641 g/mol. The number of aromatic hydroxyl groups is 1. The van der Waals surface area contributed by atoms with Crippen LogP contribution in [0.1, 0.15) is 93.7 Å². The molecule has 1 heterocycles. The maximum atomic E-state index is 12.0. The molecule has 0 bridgehead atoms. The minimum absolute atomic E-state index is 0.152. The fraction of sp³-hybridized carbons (Fsp3) is 0.292. The lowest BCUT2D eigenvalue weighted by Crippen LogP contribution is -2.43. The van der Waals surface area contributed by atoms with Gasteiger partial charge in [0.25, 0.3) is 0 Å². The lowest BCUT2D eigenvalue weighted by molar-refractivity contribution is 0.0645. The number of aryl methyl sites for hydroxylation is 1. The van der Waals surface area contributed by atoms with Crippen molar-refractivity contribution in [3.63, 3.8) is 0 Å². The summed E-state index contributed by atoms with van der Waals surface area (Å²) < 4.78 is 7.38. The van der Waals surface area contributed by atoms with Gasteiger partial charge in [0.05, 0.1) is 4.90 Å². The molecule has 6 aromatic rings. The minimum Gasteiger partial charge on any atom is -0.507 e. The Morgan fingerprint density at radius 1 is 0.706 bits per heavy atom. The van der Waals surface area contributed by atoms with Crippen molar-refractivity contribution in [2.24, 2.45) is 10.8 Å². The van der Waals surface area contributed by atoms with Crippen molar-refractivity contribution in [3.05, 3.63) is 143 Å². The van der Waals surface area contributed by atoms with Gasteiger partial charge in [-0.15, -0.1) is 0 Å². The Hall–Kier alpha value is -4.47. The van der Waals surface area contributed by atoms with Crippen LogP contribution in [0.5, 0.6) is 11.5 Å². The third-order valence-electron chi connectivity index (χ3n) is 11.8. The molecule has 1 unspecified atom stereocenters. The second-order valence-electron chi connectivity index (χ2n) is 16.8. The zero-order valence-electron chi connectivity index (χ0n) is 30.6. The number of fused-ring (bicyclic) bond motifs is 9. The molecule has 2 aliphatic carbocycles. The van der Waals surface area contributed by atoms with Crippen molar-refractivity contribution in [2.45, 2.75) is 82.5 Å². The van der Waals surface area contributed by atoms with E-state index in [-0.39, 0.29) is 16.2 Å². The van der Waals surface area contributed by atoms with Gasteiger partial charge in [-0.2, -0.15) is 0 Å². The quantitative estimate of drug-likeness (QED) is 0.200. The van der Waals surface area contributed by atoms with Crippen LogP contribution in [-0.2, 0) is 10.3 Å². The highest BCUT2D eigenvalue weighted by molar-refractivity contribution is 8.00. The summed E-state index contributed by atoms with van der Waals surface area (Å²) in [5.41, 5.74) is 10.1. The fourth-order valence-electron chi connectivity index (χ4n) is 10.6. The predicted molar refractivity (Wildman–Crippen MR) is 215 cm³/mol. The van der Waals surface area contributed by atoms with E-state index in [0.29, 0.717) is 5.75 Å². The van der Waals surface area contributed by atoms with E-state index in [0.717, 1.165) is 51.8 Å². The molecule has 1 saturated carbocycles. The Bertz CT molecular complexity index is 2410. The Morgan fingerprint density at radius 2 is 1.39 bits per heavy atom. The average Bonchev–Trinajstić information content (AvgIpc) is 3.59. The van der Waals surface area contributed by atoms with Crippen LogP contribution in [0.2, 0.25) is 0 Å². The van der Waals surface area contributed by atoms with E-state index in [1.165, 1.54) is 50.6 Å². The molecule has 0 radical (unpaired) electrons. The van der Waals surface area contributed by atoms with E-state index in [1.54, 1.807) is 11.8 Å². The first kappa shape index (κ1) is 32.4. The molecule has 3 aliphatic rings. The van der Waals surface area contributed by atoms with Crippen LogP contribution in [0.15, 0.2) is 114 Å². The topological polar surface area (TPSA) is 29.5 Å². The number of allylic oxidation sites excluding steroid dienone is 1. The highest BCUT2D eigenvalue weighted by atomic mass is 32.2. The van der Waals surface area contributed by atoms with Crippen LogP contribution in [0.4, 0.5) is 0 Å². The van der Waals surface area contributed by atoms with Gasteiger partial charge in [0.2, 0.25) is 4.93 Å². The first-order valence-corrected chi connectivity index (χ1v) is 19.3. The molecule has 3 heteroatoms. The number of ether oxygens (including phenoxy) is 1. The highest BCUT2D eigenvalue weighted by Gasteiger charge is 2.54. The Kier molecular flexibility index (Phi) is 7.16. The summed E-state index contributed by atoms with van der Waals surface area (Å²) in [6.45, 7) is 14.1. The van der Waals surface area contributed by atoms with E-state index in [9.17, 15) is 5.11 Å². The van der Waals surface area contributed by atoms with Gasteiger partial charge in [-0.3, -0.25) is 0 Å². The molecule has 0 amide bonds. The Balaban J connectivity index is 1.31. The van der Waals surface area contributed by atoms with Crippen molar-refractivity contribution in [2.75, 3.05) is 0 Å². The zero-order chi connectivity index (χ0) is 35.3. The summed E-state index contributed by atoms with van der Waals surface area (Å²) >= 11 is 1.80. The SMILES string of the molecule is CC/C=C\c1c(C)cccc1C1(c2cccc3ccccc23)Oc2cc3c(O)cc4c(c3cc2S1)-c1ccccc1C41CC(C)(C)CC(C)(C)C1. The molecule has 256 valence electrons. The first-order chi connectivity index (χ1) is 24.5. The molecule has 51 heavy (non-hydrogen) atoms. The molecule has 1 atom stereocenters. The van der Waals surface area contributed by atoms with Crippen LogP contribution in [0.25, 0.3) is 38.7 Å². The number of thioether (sulfide) groups is 1. The maximum absolute atomic E-state index is 12.0. The van der Waals surface area contributed by atoms with Crippen LogP contribution in [0.3, 0.4) is 0 Å². The average molecular weight is 687 g/mol. The molecule has 9 rings (SSSR count). The number of phenolic OH excluding ortho intramolecular Hbond substituents is 1. The normalized spacial score (nSPS) is 20.8. The van der Waals surface area contributed by atoms with Crippen molar-refractivity contribution < 1.29 is 9.84 Å². The van der Waals surface area contributed by atoms with Gasteiger partial charge >= 0.3 is 0 Å². The Morgan fingerprint density at radius 3 is 2.20 bits per heavy atom. The summed E-state index contributed by atoms with van der Waals surface area (Å²) in [7, 11) is 0. The summed E-state index contributed by atoms with van der Waals surface area (Å²) in [6, 6.07) is 37.4. The molecule has 6 aromatic carbocycles. The maximum Gasteiger partial charge on any atom is 0.211 e. The Labute approximate surface area is 306 Å². The van der Waals surface area contributed by atoms with E-state index >= 15 is 0 Å². The summed E-state index contributed by atoms with van der Waals surface area (Å²) in [6.07, 6.45) is 8.77. The lowest BCUT2D eigenvalue weighted by atomic mass is 9.52. The van der Waals surface area contributed by atoms with Crippen molar-refractivity contribution in [1.82, 2.24) is 0 Å². The van der Waals surface area contributed by atoms with Crippen LogP contribution in [0, 0.1) is 17.8 Å². The third-order valence-corrected chi connectivity index (χ3v) is 13.1. The van der Waals surface area contributed by atoms with Crippen LogP contribution in [-0.4, -0.2) is 5.11 Å². The summed E-state index contributed by atoms with van der Waals surface area (Å²) in [5.74, 6) is 1.14. The van der Waals surface area contributed by atoms with Gasteiger partial charge in [-0.05, 0) is 111 Å². The van der Waals surface area contributed by atoms with Gasteiger partial charge in [0, 0.05) is 21.9 Å². The van der Waals surface area contributed by atoms with Gasteiger partial charge in [-0.25, -0.2) is 0 Å². The van der Waals surface area contributed by atoms with Gasteiger partial charge in [-0.1, -0.05) is 143 Å². The van der Waals surface area contributed by atoms with Crippen molar-refractivity contribution >= 4 is 39.4 Å². The summed E-state index contributed by atoms with van der Waals surface area (Å²) in [5, 5.41) is 16.4. The number of benzene rings is 6. The molecule has 2 nitrogen and oxygen atoms in total. The zero-order valence-corrected chi connectivity index (χ0v) is 31.4. The number of hydrogen-bond acceptors (Lipinski definition) is 3. The van der Waals surface area contributed by atoms with E-state index in [4.69, 9.17) is 4.74 Å². The van der Waals surface area contributed by atoms with Crippen LogP contribution < -0.4 is 4.74 Å². The van der Waals surface area contributed by atoms with E-state index in [1.807, 2.05) is 0 Å². The molecule has 0 saturated heterocycles. The van der Waals surface area contributed by atoms with Gasteiger partial charge < -0.3 is 9.84 Å². The molecule has 1 N–H and O–H groups in total. The second kappa shape index (κ2) is 11.3.